The first-order chi connectivity index (χ1) is 18.7. The van der Waals surface area contributed by atoms with Crippen LogP contribution in [0.4, 0.5) is 26.3 Å². The van der Waals surface area contributed by atoms with Crippen LogP contribution in [-0.4, -0.2) is 33.0 Å². The summed E-state index contributed by atoms with van der Waals surface area (Å²) in [4.78, 5) is 30.9. The highest BCUT2D eigenvalue weighted by atomic mass is 19.4. The summed E-state index contributed by atoms with van der Waals surface area (Å²) in [6.07, 6.45) is -5.20. The molecule has 0 fully saturated rings. The van der Waals surface area contributed by atoms with Gasteiger partial charge in [-0.3, -0.25) is 14.3 Å². The van der Waals surface area contributed by atoms with Crippen LogP contribution >= 0.6 is 0 Å². The number of pyridine rings is 2. The summed E-state index contributed by atoms with van der Waals surface area (Å²) < 4.78 is 81.6. The Balaban J connectivity index is 1.89. The molecular formula is C26H21F6N5O3. The van der Waals surface area contributed by atoms with Crippen molar-refractivity contribution in [3.8, 4) is 22.3 Å². The number of aryl methyl sites for hydroxylation is 2. The van der Waals surface area contributed by atoms with Gasteiger partial charge in [-0.05, 0) is 22.8 Å². The maximum atomic E-state index is 12.9. The number of nitrogens with one attached hydrogen (secondary N) is 1. The Morgan fingerprint density at radius 1 is 0.975 bits per heavy atom. The van der Waals surface area contributed by atoms with E-state index < -0.39 is 30.4 Å². The third-order valence-electron chi connectivity index (χ3n) is 5.99. The summed E-state index contributed by atoms with van der Waals surface area (Å²) >= 11 is 0. The normalized spacial score (nSPS) is 13.1. The molecule has 3 aromatic heterocycles. The van der Waals surface area contributed by atoms with Gasteiger partial charge in [0.05, 0.1) is 6.61 Å². The fourth-order valence-corrected chi connectivity index (χ4v) is 4.08. The molecule has 14 heteroatoms. The molecule has 4 rings (SSSR count). The summed E-state index contributed by atoms with van der Waals surface area (Å²) in [5.41, 5.74) is 6.68. The molecule has 0 radical (unpaired) electrons. The average Bonchev–Trinajstić information content (AvgIpc) is 3.31. The molecule has 0 amide bonds. The summed E-state index contributed by atoms with van der Waals surface area (Å²) in [6, 6.07) is 8.75. The van der Waals surface area contributed by atoms with E-state index in [4.69, 9.17) is 5.73 Å². The number of hydrogen-bond acceptors (Lipinski definition) is 5. The van der Waals surface area contributed by atoms with Gasteiger partial charge in [0.25, 0.3) is 11.1 Å². The number of fused-ring (bicyclic) bond motifs is 1. The van der Waals surface area contributed by atoms with Crippen LogP contribution in [0.3, 0.4) is 0 Å². The van der Waals surface area contributed by atoms with Crippen LogP contribution in [-0.2, 0) is 25.4 Å². The van der Waals surface area contributed by atoms with Crippen molar-refractivity contribution < 1.29 is 31.1 Å². The summed E-state index contributed by atoms with van der Waals surface area (Å²) in [5, 5.41) is 0.294. The van der Waals surface area contributed by atoms with Gasteiger partial charge in [-0.1, -0.05) is 24.3 Å². The number of nitrogens with zero attached hydrogens (tertiary/aromatic N) is 3. The average molecular weight is 565 g/mol. The number of halogens is 6. The van der Waals surface area contributed by atoms with Crippen molar-refractivity contribution in [2.45, 2.75) is 19.3 Å². The largest absolute Gasteiger partial charge is 0.522 e. The van der Waals surface area contributed by atoms with Gasteiger partial charge in [-0.15, -0.1) is 26.3 Å². The molecule has 1 aromatic carbocycles. The number of alkyl halides is 6. The summed E-state index contributed by atoms with van der Waals surface area (Å²) in [5.74, 6) is 0. The molecule has 0 spiro atoms. The van der Waals surface area contributed by atoms with Gasteiger partial charge in [-0.2, -0.15) is 4.99 Å². The van der Waals surface area contributed by atoms with E-state index in [0.29, 0.717) is 33.9 Å². The molecule has 40 heavy (non-hydrogen) atoms. The Hall–Kier alpha value is -4.59. The standard InChI is InChI=1S/C26H21F6N5O3/c1-36-11-19(15-5-3-14(4-6-15)13-40-26(30,31)32)17(8-22(36)38)20-12-37(2)24(39)23-18(20)7-21(35-23)16(9-33)10-34-25(27,28)29/h3-12,35H,13,33H2,1-2H3. The van der Waals surface area contributed by atoms with E-state index in [9.17, 15) is 35.9 Å². The molecule has 0 aliphatic rings. The number of hydrogen-bond donors (Lipinski definition) is 2. The van der Waals surface area contributed by atoms with Gasteiger partial charge in [0.15, 0.2) is 0 Å². The lowest BCUT2D eigenvalue weighted by molar-refractivity contribution is -0.330. The van der Waals surface area contributed by atoms with Crippen molar-refractivity contribution in [2.24, 2.45) is 24.8 Å². The zero-order chi connectivity index (χ0) is 29.4. The predicted molar refractivity (Wildman–Crippen MR) is 137 cm³/mol. The van der Waals surface area contributed by atoms with Crippen molar-refractivity contribution in [1.29, 1.82) is 0 Å². The Bertz CT molecular complexity index is 1740. The summed E-state index contributed by atoms with van der Waals surface area (Å²) in [6.45, 7) is -0.688. The van der Waals surface area contributed by atoms with Crippen molar-refractivity contribution in [3.05, 3.63) is 87.0 Å². The topological polar surface area (TPSA) is 107 Å². The zero-order valence-electron chi connectivity index (χ0n) is 20.9. The molecule has 0 saturated carbocycles. The minimum absolute atomic E-state index is 0.0426. The maximum absolute atomic E-state index is 12.9. The molecule has 0 atom stereocenters. The van der Waals surface area contributed by atoms with Crippen LogP contribution in [0.1, 0.15) is 11.3 Å². The minimum Gasteiger partial charge on any atom is -0.404 e. The quantitative estimate of drug-likeness (QED) is 0.199. The van der Waals surface area contributed by atoms with Gasteiger partial charge >= 0.3 is 12.7 Å². The Labute approximate surface area is 221 Å². The van der Waals surface area contributed by atoms with Gasteiger partial charge in [0, 0.05) is 72.8 Å². The fourth-order valence-electron chi connectivity index (χ4n) is 4.08. The molecule has 0 aliphatic carbocycles. The Morgan fingerprint density at radius 2 is 1.62 bits per heavy atom. The highest BCUT2D eigenvalue weighted by molar-refractivity contribution is 6.11. The van der Waals surface area contributed by atoms with E-state index in [1.807, 2.05) is 0 Å². The van der Waals surface area contributed by atoms with E-state index in [2.05, 4.69) is 14.7 Å². The van der Waals surface area contributed by atoms with Crippen LogP contribution < -0.4 is 16.9 Å². The fraction of sp³-hybridized carbons (Fsp3) is 0.192. The molecular weight excluding hydrogens is 544 g/mol. The van der Waals surface area contributed by atoms with Crippen LogP contribution in [0.5, 0.6) is 0 Å². The zero-order valence-corrected chi connectivity index (χ0v) is 20.9. The second-order valence-corrected chi connectivity index (χ2v) is 8.76. The van der Waals surface area contributed by atoms with Gasteiger partial charge < -0.3 is 19.9 Å². The molecule has 0 unspecified atom stereocenters. The van der Waals surface area contributed by atoms with Gasteiger partial charge in [-0.25, -0.2) is 0 Å². The Kier molecular flexibility index (Phi) is 7.48. The highest BCUT2D eigenvalue weighted by Gasteiger charge is 2.29. The number of H-pyrrole nitrogens is 1. The third kappa shape index (κ3) is 6.17. The lowest BCUT2D eigenvalue weighted by Gasteiger charge is -2.14. The number of aromatic nitrogens is 3. The van der Waals surface area contributed by atoms with Crippen LogP contribution in [0.15, 0.2) is 69.6 Å². The molecule has 4 aromatic rings. The second kappa shape index (κ2) is 10.5. The first kappa shape index (κ1) is 28.4. The van der Waals surface area contributed by atoms with E-state index in [1.165, 1.54) is 59.9 Å². The molecule has 3 N–H and O–H groups in total. The van der Waals surface area contributed by atoms with Crippen LogP contribution in [0, 0.1) is 0 Å². The van der Waals surface area contributed by atoms with E-state index >= 15 is 0 Å². The SMILES string of the molecule is Cn1cc(-c2ccc(COC(F)(F)F)cc2)c(-c2cn(C)c(=O)c3[nH]c(C(C=NC(F)(F)F)=CN)cc23)cc1=O. The lowest BCUT2D eigenvalue weighted by Crippen LogP contribution is -2.18. The van der Waals surface area contributed by atoms with Crippen molar-refractivity contribution in [1.82, 2.24) is 14.1 Å². The lowest BCUT2D eigenvalue weighted by atomic mass is 9.94. The van der Waals surface area contributed by atoms with Crippen molar-refractivity contribution in [2.75, 3.05) is 0 Å². The summed E-state index contributed by atoms with van der Waals surface area (Å²) in [7, 11) is 2.98. The molecule has 0 aliphatic heterocycles. The Morgan fingerprint density at radius 3 is 2.23 bits per heavy atom. The smallest absolute Gasteiger partial charge is 0.404 e. The van der Waals surface area contributed by atoms with E-state index in [-0.39, 0.29) is 22.3 Å². The molecule has 3 heterocycles. The number of rotatable bonds is 6. The second-order valence-electron chi connectivity index (χ2n) is 8.76. The third-order valence-corrected chi connectivity index (χ3v) is 5.99. The maximum Gasteiger partial charge on any atom is 0.522 e. The number of nitrogens with two attached hydrogens (primary N) is 1. The van der Waals surface area contributed by atoms with Gasteiger partial charge in [0.2, 0.25) is 0 Å². The molecule has 210 valence electrons. The predicted octanol–water partition coefficient (Wildman–Crippen LogP) is 4.83. The number of allylic oxidation sites excluding steroid dienone is 1. The monoisotopic (exact) mass is 565 g/mol. The van der Waals surface area contributed by atoms with E-state index in [1.54, 1.807) is 12.1 Å². The van der Waals surface area contributed by atoms with Gasteiger partial charge in [0.1, 0.15) is 5.52 Å². The molecule has 0 saturated heterocycles. The minimum atomic E-state index is -4.84. The highest BCUT2D eigenvalue weighted by Crippen LogP contribution is 2.35. The van der Waals surface area contributed by atoms with Crippen LogP contribution in [0.25, 0.3) is 38.7 Å². The van der Waals surface area contributed by atoms with Crippen molar-refractivity contribution in [3.63, 3.8) is 0 Å². The van der Waals surface area contributed by atoms with Crippen LogP contribution in [0.2, 0.25) is 0 Å². The van der Waals surface area contributed by atoms with E-state index in [0.717, 1.165) is 6.20 Å². The number of aromatic amines is 1. The first-order valence-corrected chi connectivity index (χ1v) is 11.4. The molecule has 8 nitrogen and oxygen atoms in total. The van der Waals surface area contributed by atoms with Crippen molar-refractivity contribution >= 4 is 22.7 Å². The number of ether oxygens (including phenoxy) is 1. The first-order valence-electron chi connectivity index (χ1n) is 11.4. The number of aliphatic imine (C=N–C) groups is 1. The molecule has 0 bridgehead atoms. The number of benzene rings is 1.